The van der Waals surface area contributed by atoms with Crippen molar-refractivity contribution >= 4 is 43.0 Å². The Bertz CT molecular complexity index is 525. The highest BCUT2D eigenvalue weighted by Crippen LogP contribution is 2.35. The standard InChI is InChI=1S/C10H7BrN2S/c11-8-5-6(1-3-12)7-2-4-14-10(7)9(8)13/h2,4-5H,1,13H2. The lowest BCUT2D eigenvalue weighted by Crippen LogP contribution is -1.90. The Morgan fingerprint density at radius 3 is 3.07 bits per heavy atom. The zero-order chi connectivity index (χ0) is 10.1. The molecule has 2 aromatic rings. The lowest BCUT2D eigenvalue weighted by Gasteiger charge is -2.04. The molecule has 0 radical (unpaired) electrons. The van der Waals surface area contributed by atoms with Crippen LogP contribution >= 0.6 is 27.3 Å². The molecule has 0 bridgehead atoms. The summed E-state index contributed by atoms with van der Waals surface area (Å²) in [7, 11) is 0. The van der Waals surface area contributed by atoms with Gasteiger partial charge < -0.3 is 5.73 Å². The topological polar surface area (TPSA) is 49.8 Å². The normalized spacial score (nSPS) is 10.3. The molecule has 2 nitrogen and oxygen atoms in total. The maximum absolute atomic E-state index is 8.68. The second-order valence-electron chi connectivity index (χ2n) is 2.93. The molecule has 0 unspecified atom stereocenters. The summed E-state index contributed by atoms with van der Waals surface area (Å²) >= 11 is 5.00. The molecule has 14 heavy (non-hydrogen) atoms. The van der Waals surface area contributed by atoms with Crippen LogP contribution in [0.25, 0.3) is 10.1 Å². The first-order chi connectivity index (χ1) is 6.74. The predicted octanol–water partition coefficient (Wildman–Crippen LogP) is 3.31. The van der Waals surface area contributed by atoms with Crippen molar-refractivity contribution in [1.82, 2.24) is 0 Å². The molecule has 0 aliphatic rings. The van der Waals surface area contributed by atoms with Gasteiger partial charge in [-0.15, -0.1) is 11.3 Å². The molecule has 2 rings (SSSR count). The zero-order valence-corrected chi connectivity index (χ0v) is 9.65. The Morgan fingerprint density at radius 2 is 2.36 bits per heavy atom. The van der Waals surface area contributed by atoms with Gasteiger partial charge in [0, 0.05) is 4.47 Å². The molecular formula is C10H7BrN2S. The highest BCUT2D eigenvalue weighted by atomic mass is 79.9. The van der Waals surface area contributed by atoms with Gasteiger partial charge in [0.05, 0.1) is 22.9 Å². The number of nitrogens with two attached hydrogens (primary N) is 1. The number of anilines is 1. The minimum absolute atomic E-state index is 0.423. The molecule has 0 saturated carbocycles. The van der Waals surface area contributed by atoms with Crippen LogP contribution in [0.1, 0.15) is 5.56 Å². The van der Waals surface area contributed by atoms with Crippen molar-refractivity contribution in [2.24, 2.45) is 0 Å². The van der Waals surface area contributed by atoms with E-state index in [9.17, 15) is 0 Å². The van der Waals surface area contributed by atoms with Crippen molar-refractivity contribution in [3.05, 3.63) is 27.5 Å². The monoisotopic (exact) mass is 266 g/mol. The Balaban J connectivity index is 2.79. The minimum Gasteiger partial charge on any atom is -0.397 e. The van der Waals surface area contributed by atoms with Gasteiger partial charge in [-0.2, -0.15) is 5.26 Å². The molecule has 1 heterocycles. The summed E-state index contributed by atoms with van der Waals surface area (Å²) in [4.78, 5) is 0. The summed E-state index contributed by atoms with van der Waals surface area (Å²) in [5.74, 6) is 0. The number of hydrogen-bond acceptors (Lipinski definition) is 3. The van der Waals surface area contributed by atoms with Crippen molar-refractivity contribution in [2.75, 3.05) is 5.73 Å². The molecule has 1 aromatic carbocycles. The number of hydrogen-bond donors (Lipinski definition) is 1. The molecule has 0 spiro atoms. The zero-order valence-electron chi connectivity index (χ0n) is 7.25. The number of thiophene rings is 1. The van der Waals surface area contributed by atoms with E-state index < -0.39 is 0 Å². The Morgan fingerprint density at radius 1 is 1.57 bits per heavy atom. The summed E-state index contributed by atoms with van der Waals surface area (Å²) in [6.45, 7) is 0. The third-order valence-electron chi connectivity index (χ3n) is 2.08. The van der Waals surface area contributed by atoms with Gasteiger partial charge in [-0.25, -0.2) is 0 Å². The highest BCUT2D eigenvalue weighted by Gasteiger charge is 2.08. The van der Waals surface area contributed by atoms with E-state index in [1.807, 2.05) is 17.5 Å². The molecule has 0 atom stereocenters. The first kappa shape index (κ1) is 9.50. The number of halogens is 1. The number of benzene rings is 1. The van der Waals surface area contributed by atoms with Crippen molar-refractivity contribution in [3.63, 3.8) is 0 Å². The van der Waals surface area contributed by atoms with Gasteiger partial charge >= 0.3 is 0 Å². The fourth-order valence-electron chi connectivity index (χ4n) is 1.42. The Labute approximate surface area is 94.1 Å². The van der Waals surface area contributed by atoms with Crippen LogP contribution in [0.3, 0.4) is 0 Å². The van der Waals surface area contributed by atoms with Gasteiger partial charge in [-0.1, -0.05) is 0 Å². The van der Waals surface area contributed by atoms with Gasteiger partial charge in [-0.05, 0) is 44.4 Å². The van der Waals surface area contributed by atoms with Gasteiger partial charge in [0.25, 0.3) is 0 Å². The molecule has 0 fully saturated rings. The van der Waals surface area contributed by atoms with Crippen LogP contribution in [0, 0.1) is 11.3 Å². The summed E-state index contributed by atoms with van der Waals surface area (Å²) < 4.78 is 1.93. The van der Waals surface area contributed by atoms with E-state index >= 15 is 0 Å². The van der Waals surface area contributed by atoms with E-state index in [0.29, 0.717) is 6.42 Å². The van der Waals surface area contributed by atoms with E-state index in [4.69, 9.17) is 11.0 Å². The molecule has 0 saturated heterocycles. The van der Waals surface area contributed by atoms with Gasteiger partial charge in [0.2, 0.25) is 0 Å². The fourth-order valence-corrected chi connectivity index (χ4v) is 2.93. The smallest absolute Gasteiger partial charge is 0.0669 e. The van der Waals surface area contributed by atoms with Crippen LogP contribution in [0.2, 0.25) is 0 Å². The Kier molecular flexibility index (Phi) is 2.44. The largest absolute Gasteiger partial charge is 0.397 e. The third kappa shape index (κ3) is 1.39. The summed E-state index contributed by atoms with van der Waals surface area (Å²) in [5, 5.41) is 11.8. The average Bonchev–Trinajstić information content (AvgIpc) is 2.63. The first-order valence-corrected chi connectivity index (χ1v) is 5.72. The summed E-state index contributed by atoms with van der Waals surface area (Å²) in [6, 6.07) is 6.09. The fraction of sp³-hybridized carbons (Fsp3) is 0.100. The van der Waals surface area contributed by atoms with Crippen LogP contribution in [0.15, 0.2) is 22.0 Å². The lowest BCUT2D eigenvalue weighted by atomic mass is 10.1. The van der Waals surface area contributed by atoms with Gasteiger partial charge in [0.1, 0.15) is 0 Å². The molecule has 1 aromatic heterocycles. The van der Waals surface area contributed by atoms with Crippen molar-refractivity contribution < 1.29 is 0 Å². The van der Waals surface area contributed by atoms with E-state index in [1.54, 1.807) is 11.3 Å². The van der Waals surface area contributed by atoms with E-state index in [-0.39, 0.29) is 0 Å². The van der Waals surface area contributed by atoms with Gasteiger partial charge in [-0.3, -0.25) is 0 Å². The molecular weight excluding hydrogens is 260 g/mol. The van der Waals surface area contributed by atoms with Crippen LogP contribution in [-0.4, -0.2) is 0 Å². The second-order valence-corrected chi connectivity index (χ2v) is 4.70. The lowest BCUT2D eigenvalue weighted by molar-refractivity contribution is 1.29. The van der Waals surface area contributed by atoms with E-state index in [2.05, 4.69) is 22.0 Å². The number of nitriles is 1. The van der Waals surface area contributed by atoms with Crippen molar-refractivity contribution in [1.29, 1.82) is 5.26 Å². The quantitative estimate of drug-likeness (QED) is 0.806. The minimum atomic E-state index is 0.423. The number of nitrogens with zero attached hydrogens (tertiary/aromatic N) is 1. The molecule has 0 aliphatic carbocycles. The van der Waals surface area contributed by atoms with E-state index in [0.717, 1.165) is 25.8 Å². The van der Waals surface area contributed by atoms with Crippen LogP contribution in [0.4, 0.5) is 5.69 Å². The molecule has 70 valence electrons. The van der Waals surface area contributed by atoms with Crippen LogP contribution in [-0.2, 0) is 6.42 Å². The van der Waals surface area contributed by atoms with E-state index in [1.165, 1.54) is 0 Å². The third-order valence-corrected chi connectivity index (χ3v) is 3.69. The number of nitrogen functional groups attached to an aromatic ring is 1. The maximum atomic E-state index is 8.68. The van der Waals surface area contributed by atoms with Gasteiger partial charge in [0.15, 0.2) is 0 Å². The molecule has 4 heteroatoms. The summed E-state index contributed by atoms with van der Waals surface area (Å²) in [5.41, 5.74) is 7.70. The molecule has 2 N–H and O–H groups in total. The van der Waals surface area contributed by atoms with Crippen molar-refractivity contribution in [3.8, 4) is 6.07 Å². The Hall–Kier alpha value is -1.05. The second kappa shape index (κ2) is 3.60. The molecule has 0 amide bonds. The van der Waals surface area contributed by atoms with Crippen molar-refractivity contribution in [2.45, 2.75) is 6.42 Å². The number of fused-ring (bicyclic) bond motifs is 1. The number of rotatable bonds is 1. The van der Waals surface area contributed by atoms with Crippen LogP contribution < -0.4 is 5.73 Å². The average molecular weight is 267 g/mol. The highest BCUT2D eigenvalue weighted by molar-refractivity contribution is 9.10. The molecule has 0 aliphatic heterocycles. The predicted molar refractivity (Wildman–Crippen MR) is 63.3 cm³/mol. The summed E-state index contributed by atoms with van der Waals surface area (Å²) in [6.07, 6.45) is 0.423. The SMILES string of the molecule is N#CCc1cc(Br)c(N)c2sccc12. The van der Waals surface area contributed by atoms with Crippen LogP contribution in [0.5, 0.6) is 0 Å². The first-order valence-electron chi connectivity index (χ1n) is 4.05. The maximum Gasteiger partial charge on any atom is 0.0669 e.